The number of aromatic hydroxyl groups is 2. The summed E-state index contributed by atoms with van der Waals surface area (Å²) in [6.45, 7) is 0. The van der Waals surface area contributed by atoms with Gasteiger partial charge in [0.1, 0.15) is 23.5 Å². The maximum absolute atomic E-state index is 9.42. The van der Waals surface area contributed by atoms with Gasteiger partial charge in [-0.15, -0.1) is 0 Å². The Bertz CT molecular complexity index is 389. The fourth-order valence-electron chi connectivity index (χ4n) is 1.13. The molecule has 0 aliphatic heterocycles. The molecule has 66 valence electrons. The average Bonchev–Trinajstić information content (AvgIpc) is 2.57. The van der Waals surface area contributed by atoms with Gasteiger partial charge in [-0.05, 0) is 12.1 Å². The molecule has 4 heteroatoms. The molecule has 1 heterocycles. The summed E-state index contributed by atoms with van der Waals surface area (Å²) < 4.78 is 4.61. The van der Waals surface area contributed by atoms with Crippen molar-refractivity contribution < 1.29 is 14.7 Å². The highest BCUT2D eigenvalue weighted by molar-refractivity contribution is 5.72. The van der Waals surface area contributed by atoms with Gasteiger partial charge in [-0.3, -0.25) is 0 Å². The van der Waals surface area contributed by atoms with Crippen molar-refractivity contribution in [3.05, 3.63) is 30.5 Å². The van der Waals surface area contributed by atoms with Gasteiger partial charge in [-0.25, -0.2) is 0 Å². The summed E-state index contributed by atoms with van der Waals surface area (Å²) in [5, 5.41) is 22.5. The summed E-state index contributed by atoms with van der Waals surface area (Å²) in [4.78, 5) is 0. The summed E-state index contributed by atoms with van der Waals surface area (Å²) >= 11 is 0. The standard InChI is InChI=1S/C9H7NO3/c11-7-2-1-3-8(12)9(7)6-4-5-13-10-6/h1-5,11-12H. The van der Waals surface area contributed by atoms with E-state index in [2.05, 4.69) is 9.68 Å². The zero-order valence-electron chi connectivity index (χ0n) is 6.64. The molecular weight excluding hydrogens is 170 g/mol. The molecule has 0 saturated carbocycles. The maximum atomic E-state index is 9.42. The van der Waals surface area contributed by atoms with E-state index in [1.807, 2.05) is 0 Å². The van der Waals surface area contributed by atoms with Gasteiger partial charge in [0.2, 0.25) is 0 Å². The first kappa shape index (κ1) is 7.67. The number of rotatable bonds is 1. The van der Waals surface area contributed by atoms with Crippen molar-refractivity contribution in [2.24, 2.45) is 0 Å². The molecule has 0 amide bonds. The summed E-state index contributed by atoms with van der Waals surface area (Å²) in [6.07, 6.45) is 1.38. The number of benzene rings is 1. The molecule has 0 saturated heterocycles. The Morgan fingerprint density at radius 1 is 1.08 bits per heavy atom. The van der Waals surface area contributed by atoms with E-state index in [4.69, 9.17) is 0 Å². The number of aromatic nitrogens is 1. The molecule has 0 atom stereocenters. The molecule has 0 fully saturated rings. The van der Waals surface area contributed by atoms with E-state index in [0.717, 1.165) is 0 Å². The molecule has 0 aliphatic carbocycles. The van der Waals surface area contributed by atoms with Gasteiger partial charge in [0, 0.05) is 6.07 Å². The molecule has 0 radical (unpaired) electrons. The summed E-state index contributed by atoms with van der Waals surface area (Å²) in [7, 11) is 0. The van der Waals surface area contributed by atoms with E-state index in [9.17, 15) is 10.2 Å². The number of phenols is 2. The topological polar surface area (TPSA) is 66.5 Å². The second kappa shape index (κ2) is 2.82. The van der Waals surface area contributed by atoms with Gasteiger partial charge in [-0.1, -0.05) is 11.2 Å². The average molecular weight is 177 g/mol. The van der Waals surface area contributed by atoms with Crippen LogP contribution >= 0.6 is 0 Å². The zero-order valence-corrected chi connectivity index (χ0v) is 6.64. The lowest BCUT2D eigenvalue weighted by Crippen LogP contribution is -1.79. The van der Waals surface area contributed by atoms with Gasteiger partial charge in [0.05, 0.1) is 5.56 Å². The minimum atomic E-state index is -0.0195. The molecular formula is C9H7NO3. The van der Waals surface area contributed by atoms with E-state index in [0.29, 0.717) is 5.69 Å². The van der Waals surface area contributed by atoms with Crippen molar-refractivity contribution in [2.75, 3.05) is 0 Å². The van der Waals surface area contributed by atoms with Crippen LogP contribution in [0.2, 0.25) is 0 Å². The number of phenolic OH excluding ortho intramolecular Hbond substituents is 2. The van der Waals surface area contributed by atoms with Crippen LogP contribution in [-0.2, 0) is 0 Å². The largest absolute Gasteiger partial charge is 0.507 e. The quantitative estimate of drug-likeness (QED) is 0.696. The Hall–Kier alpha value is -1.97. The third-order valence-corrected chi connectivity index (χ3v) is 1.71. The SMILES string of the molecule is Oc1cccc(O)c1-c1ccon1. The predicted octanol–water partition coefficient (Wildman–Crippen LogP) is 1.75. The highest BCUT2D eigenvalue weighted by Crippen LogP contribution is 2.35. The number of nitrogens with zero attached hydrogens (tertiary/aromatic N) is 1. The molecule has 0 bridgehead atoms. The highest BCUT2D eigenvalue weighted by Gasteiger charge is 2.11. The van der Waals surface area contributed by atoms with Crippen molar-refractivity contribution in [3.8, 4) is 22.8 Å². The van der Waals surface area contributed by atoms with Gasteiger partial charge in [0.25, 0.3) is 0 Å². The smallest absolute Gasteiger partial charge is 0.128 e. The van der Waals surface area contributed by atoms with Crippen LogP contribution in [0.4, 0.5) is 0 Å². The molecule has 0 aliphatic rings. The second-order valence-electron chi connectivity index (χ2n) is 2.56. The Labute approximate surface area is 74.0 Å². The minimum absolute atomic E-state index is 0.0195. The third-order valence-electron chi connectivity index (χ3n) is 1.71. The van der Waals surface area contributed by atoms with Gasteiger partial charge in [-0.2, -0.15) is 0 Å². The molecule has 0 unspecified atom stereocenters. The van der Waals surface area contributed by atoms with Crippen LogP contribution in [0.3, 0.4) is 0 Å². The number of hydrogen-bond acceptors (Lipinski definition) is 4. The molecule has 1 aromatic heterocycles. The zero-order chi connectivity index (χ0) is 9.26. The van der Waals surface area contributed by atoms with Crippen LogP contribution in [0, 0.1) is 0 Å². The first-order valence-electron chi connectivity index (χ1n) is 3.71. The van der Waals surface area contributed by atoms with E-state index in [-0.39, 0.29) is 17.1 Å². The monoisotopic (exact) mass is 177 g/mol. The molecule has 0 spiro atoms. The molecule has 2 rings (SSSR count). The Balaban J connectivity index is 2.64. The van der Waals surface area contributed by atoms with Crippen molar-refractivity contribution in [3.63, 3.8) is 0 Å². The molecule has 1 aromatic carbocycles. The van der Waals surface area contributed by atoms with Gasteiger partial charge < -0.3 is 14.7 Å². The first-order valence-corrected chi connectivity index (χ1v) is 3.71. The van der Waals surface area contributed by atoms with Crippen molar-refractivity contribution in [2.45, 2.75) is 0 Å². The van der Waals surface area contributed by atoms with Gasteiger partial charge in [0.15, 0.2) is 0 Å². The lowest BCUT2D eigenvalue weighted by molar-refractivity contribution is 0.418. The normalized spacial score (nSPS) is 10.2. The van der Waals surface area contributed by atoms with Crippen LogP contribution in [-0.4, -0.2) is 15.4 Å². The fourth-order valence-corrected chi connectivity index (χ4v) is 1.13. The van der Waals surface area contributed by atoms with Crippen LogP contribution in [0.15, 0.2) is 35.1 Å². The Morgan fingerprint density at radius 2 is 1.77 bits per heavy atom. The Kier molecular flexibility index (Phi) is 1.66. The summed E-state index contributed by atoms with van der Waals surface area (Å²) in [5.41, 5.74) is 0.701. The van der Waals surface area contributed by atoms with E-state index < -0.39 is 0 Å². The van der Waals surface area contributed by atoms with Crippen molar-refractivity contribution >= 4 is 0 Å². The van der Waals surface area contributed by atoms with Crippen LogP contribution in [0.25, 0.3) is 11.3 Å². The molecule has 4 nitrogen and oxygen atoms in total. The maximum Gasteiger partial charge on any atom is 0.128 e. The molecule has 2 aromatic rings. The minimum Gasteiger partial charge on any atom is -0.507 e. The first-order chi connectivity index (χ1) is 6.29. The highest BCUT2D eigenvalue weighted by atomic mass is 16.5. The van der Waals surface area contributed by atoms with Crippen molar-refractivity contribution in [1.29, 1.82) is 0 Å². The van der Waals surface area contributed by atoms with Crippen LogP contribution < -0.4 is 0 Å². The predicted molar refractivity (Wildman–Crippen MR) is 45.3 cm³/mol. The third kappa shape index (κ3) is 1.22. The van der Waals surface area contributed by atoms with E-state index in [1.165, 1.54) is 18.4 Å². The fraction of sp³-hybridized carbons (Fsp3) is 0. The second-order valence-corrected chi connectivity index (χ2v) is 2.56. The molecule has 13 heavy (non-hydrogen) atoms. The van der Waals surface area contributed by atoms with Crippen molar-refractivity contribution in [1.82, 2.24) is 5.16 Å². The van der Waals surface area contributed by atoms with E-state index >= 15 is 0 Å². The van der Waals surface area contributed by atoms with Gasteiger partial charge >= 0.3 is 0 Å². The molecule has 2 N–H and O–H groups in total. The Morgan fingerprint density at radius 3 is 2.31 bits per heavy atom. The van der Waals surface area contributed by atoms with Crippen LogP contribution in [0.5, 0.6) is 11.5 Å². The van der Waals surface area contributed by atoms with Crippen LogP contribution in [0.1, 0.15) is 0 Å². The lowest BCUT2D eigenvalue weighted by atomic mass is 10.1. The lowest BCUT2D eigenvalue weighted by Gasteiger charge is -2.01. The summed E-state index contributed by atoms with van der Waals surface area (Å²) in [5.74, 6) is -0.0391. The van der Waals surface area contributed by atoms with E-state index in [1.54, 1.807) is 12.1 Å². The number of hydrogen-bond donors (Lipinski definition) is 2. The summed E-state index contributed by atoms with van der Waals surface area (Å²) in [6, 6.07) is 6.07.